The Morgan fingerprint density at radius 1 is 1.08 bits per heavy atom. The molecule has 2 amide bonds. The van der Waals surface area contributed by atoms with Gasteiger partial charge in [-0.05, 0) is 17.9 Å². The van der Waals surface area contributed by atoms with E-state index < -0.39 is 23.9 Å². The summed E-state index contributed by atoms with van der Waals surface area (Å²) in [6.45, 7) is 7.83. The highest BCUT2D eigenvalue weighted by Gasteiger charge is 2.32. The van der Waals surface area contributed by atoms with Gasteiger partial charge in [-0.15, -0.1) is 0 Å². The van der Waals surface area contributed by atoms with Gasteiger partial charge in [0.15, 0.2) is 0 Å². The molecule has 1 saturated heterocycles. The molecule has 0 bridgehead atoms. The number of nitrogens with two attached hydrogens (primary N) is 1. The number of primary amides is 1. The van der Waals surface area contributed by atoms with Gasteiger partial charge in [-0.3, -0.25) is 9.78 Å². The van der Waals surface area contributed by atoms with Crippen molar-refractivity contribution in [2.45, 2.75) is 46.0 Å². The van der Waals surface area contributed by atoms with Crippen LogP contribution in [0.2, 0.25) is 0 Å². The van der Waals surface area contributed by atoms with Gasteiger partial charge in [-0.25, -0.2) is 14.8 Å². The Hall–Kier alpha value is -3.90. The summed E-state index contributed by atoms with van der Waals surface area (Å²) in [6, 6.07) is 1.76. The van der Waals surface area contributed by atoms with E-state index in [1.807, 2.05) is 25.3 Å². The first-order chi connectivity index (χ1) is 17.8. The number of carbonyl (C=O) groups excluding carboxylic acids is 2. The quantitative estimate of drug-likeness (QED) is 0.513. The van der Waals surface area contributed by atoms with Crippen molar-refractivity contribution in [3.05, 3.63) is 48.2 Å². The minimum atomic E-state index is -4.50. The maximum absolute atomic E-state index is 13.5. The Balaban J connectivity index is 1.50. The number of halogens is 3. The lowest BCUT2D eigenvalue weighted by Crippen LogP contribution is -2.49. The molecule has 1 fully saturated rings. The largest absolute Gasteiger partial charge is 0.444 e. The van der Waals surface area contributed by atoms with Crippen molar-refractivity contribution in [3.63, 3.8) is 0 Å². The molecule has 4 heterocycles. The van der Waals surface area contributed by atoms with Crippen molar-refractivity contribution < 1.29 is 27.5 Å². The van der Waals surface area contributed by atoms with Gasteiger partial charge in [-0.2, -0.15) is 13.2 Å². The monoisotopic (exact) mass is 533 g/mol. The molecule has 4 rings (SSSR count). The molecule has 13 heteroatoms. The Morgan fingerprint density at radius 2 is 1.74 bits per heavy atom. The third-order valence-electron chi connectivity index (χ3n) is 6.25. The third-order valence-corrected chi connectivity index (χ3v) is 6.25. The minimum Gasteiger partial charge on any atom is -0.444 e. The molecule has 204 valence electrons. The van der Waals surface area contributed by atoms with E-state index in [9.17, 15) is 22.8 Å². The fourth-order valence-corrected chi connectivity index (χ4v) is 4.58. The number of piperazine rings is 1. The number of alkyl halides is 3. The number of fused-ring (bicyclic) bond motifs is 1. The normalized spacial score (nSPS) is 15.5. The van der Waals surface area contributed by atoms with Gasteiger partial charge in [0.05, 0.1) is 29.4 Å². The van der Waals surface area contributed by atoms with Gasteiger partial charge in [0.1, 0.15) is 6.10 Å². The summed E-state index contributed by atoms with van der Waals surface area (Å²) in [5.41, 5.74) is 5.47. The van der Waals surface area contributed by atoms with Gasteiger partial charge in [-0.1, -0.05) is 20.8 Å². The Labute approximate surface area is 217 Å². The van der Waals surface area contributed by atoms with Crippen LogP contribution >= 0.6 is 0 Å². The highest BCUT2D eigenvalue weighted by Crippen LogP contribution is 2.29. The van der Waals surface area contributed by atoms with E-state index in [1.165, 1.54) is 0 Å². The third kappa shape index (κ3) is 6.32. The van der Waals surface area contributed by atoms with Crippen LogP contribution in [-0.2, 0) is 17.5 Å². The molecule has 2 N–H and O–H groups in total. The lowest BCUT2D eigenvalue weighted by Gasteiger charge is -2.34. The summed E-state index contributed by atoms with van der Waals surface area (Å²) in [4.78, 5) is 40.4. The molecule has 0 radical (unpaired) electrons. The number of hydrogen-bond donors (Lipinski definition) is 1. The van der Waals surface area contributed by atoms with Gasteiger partial charge in [0.25, 0.3) is 5.91 Å². The number of rotatable bonds is 6. The second kappa shape index (κ2) is 10.5. The molecule has 1 unspecified atom stereocenters. The average molecular weight is 534 g/mol. The molecule has 1 aliphatic rings. The predicted molar refractivity (Wildman–Crippen MR) is 133 cm³/mol. The SMILES string of the molecule is CC(C)(C)CC(Cn1cc(C(=O)N2CCN(c3ncc(C(F)(F)F)cn3)CC2)c2ccncc21)OC(N)=O. The molecule has 3 aromatic rings. The van der Waals surface area contributed by atoms with Crippen LogP contribution in [0.15, 0.2) is 37.1 Å². The zero-order chi connectivity index (χ0) is 27.7. The molecule has 0 aromatic carbocycles. The summed E-state index contributed by atoms with van der Waals surface area (Å²) in [7, 11) is 0. The van der Waals surface area contributed by atoms with Crippen LogP contribution < -0.4 is 10.6 Å². The average Bonchev–Trinajstić information content (AvgIpc) is 3.20. The van der Waals surface area contributed by atoms with Crippen molar-refractivity contribution in [3.8, 4) is 0 Å². The number of hydrogen-bond acceptors (Lipinski definition) is 7. The zero-order valence-electron chi connectivity index (χ0n) is 21.4. The fraction of sp³-hybridized carbons (Fsp3) is 0.480. The second-order valence-electron chi connectivity index (χ2n) is 10.5. The number of anilines is 1. The maximum Gasteiger partial charge on any atom is 0.419 e. The molecule has 1 atom stereocenters. The smallest absolute Gasteiger partial charge is 0.419 e. The molecular formula is C25H30F3N7O3. The second-order valence-corrected chi connectivity index (χ2v) is 10.5. The number of ether oxygens (including phenoxy) is 1. The summed E-state index contributed by atoms with van der Waals surface area (Å²) in [6.07, 6.45) is 1.22. The lowest BCUT2D eigenvalue weighted by molar-refractivity contribution is -0.138. The number of nitrogens with zero attached hydrogens (tertiary/aromatic N) is 6. The maximum atomic E-state index is 13.5. The summed E-state index contributed by atoms with van der Waals surface area (Å²) in [5, 5.41) is 0.715. The lowest BCUT2D eigenvalue weighted by atomic mass is 9.89. The molecule has 10 nitrogen and oxygen atoms in total. The van der Waals surface area contributed by atoms with E-state index in [0.29, 0.717) is 50.1 Å². The Bertz CT molecular complexity index is 1290. The molecular weight excluding hydrogens is 503 g/mol. The first kappa shape index (κ1) is 27.1. The molecule has 0 spiro atoms. The van der Waals surface area contributed by atoms with Crippen LogP contribution in [0.4, 0.5) is 23.9 Å². The van der Waals surface area contributed by atoms with Crippen molar-refractivity contribution in [2.75, 3.05) is 31.1 Å². The van der Waals surface area contributed by atoms with Crippen LogP contribution in [-0.4, -0.2) is 68.7 Å². The number of aromatic nitrogens is 4. The van der Waals surface area contributed by atoms with E-state index >= 15 is 0 Å². The van der Waals surface area contributed by atoms with Gasteiger partial charge >= 0.3 is 12.3 Å². The van der Waals surface area contributed by atoms with Crippen molar-refractivity contribution in [1.29, 1.82) is 0 Å². The van der Waals surface area contributed by atoms with Crippen LogP contribution in [0.5, 0.6) is 0 Å². The molecule has 0 saturated carbocycles. The number of carbonyl (C=O) groups is 2. The summed E-state index contributed by atoms with van der Waals surface area (Å²) < 4.78 is 45.6. The van der Waals surface area contributed by atoms with Crippen LogP contribution in [0.25, 0.3) is 10.9 Å². The standard InChI is InChI=1S/C25H30F3N7O3/c1-24(2,3)10-17(38-22(29)37)14-35-15-19(18-4-5-30-13-20(18)35)21(36)33-6-8-34(9-7-33)23-31-11-16(12-32-23)25(26,27)28/h4-5,11-13,15,17H,6-10,14H2,1-3H3,(H2,29,37). The topological polar surface area (TPSA) is 119 Å². The first-order valence-corrected chi connectivity index (χ1v) is 12.1. The van der Waals surface area contributed by atoms with E-state index in [1.54, 1.807) is 34.5 Å². The van der Waals surface area contributed by atoms with E-state index in [2.05, 4.69) is 15.0 Å². The van der Waals surface area contributed by atoms with Crippen molar-refractivity contribution in [1.82, 2.24) is 24.4 Å². The van der Waals surface area contributed by atoms with E-state index in [0.717, 1.165) is 17.9 Å². The predicted octanol–water partition coefficient (Wildman–Crippen LogP) is 3.71. The van der Waals surface area contributed by atoms with Crippen LogP contribution in [0.3, 0.4) is 0 Å². The Morgan fingerprint density at radius 3 is 2.32 bits per heavy atom. The Kier molecular flexibility index (Phi) is 7.47. The highest BCUT2D eigenvalue weighted by molar-refractivity contribution is 6.06. The summed E-state index contributed by atoms with van der Waals surface area (Å²) >= 11 is 0. The fourth-order valence-electron chi connectivity index (χ4n) is 4.58. The number of amides is 2. The van der Waals surface area contributed by atoms with Crippen LogP contribution in [0, 0.1) is 5.41 Å². The highest BCUT2D eigenvalue weighted by atomic mass is 19.4. The van der Waals surface area contributed by atoms with Crippen LogP contribution in [0.1, 0.15) is 43.1 Å². The van der Waals surface area contributed by atoms with Crippen molar-refractivity contribution in [2.24, 2.45) is 11.1 Å². The van der Waals surface area contributed by atoms with Crippen molar-refractivity contribution >= 4 is 28.9 Å². The molecule has 1 aliphatic heterocycles. The first-order valence-electron chi connectivity index (χ1n) is 12.1. The van der Waals surface area contributed by atoms with Gasteiger partial charge in [0, 0.05) is 56.4 Å². The zero-order valence-corrected chi connectivity index (χ0v) is 21.4. The van der Waals surface area contributed by atoms with E-state index in [-0.39, 0.29) is 17.3 Å². The van der Waals surface area contributed by atoms with E-state index in [4.69, 9.17) is 10.5 Å². The van der Waals surface area contributed by atoms with Gasteiger partial charge < -0.3 is 24.8 Å². The number of pyridine rings is 1. The molecule has 3 aromatic heterocycles. The van der Waals surface area contributed by atoms with Gasteiger partial charge in [0.2, 0.25) is 5.95 Å². The molecule has 0 aliphatic carbocycles. The molecule has 38 heavy (non-hydrogen) atoms. The minimum absolute atomic E-state index is 0.129. The summed E-state index contributed by atoms with van der Waals surface area (Å²) in [5.74, 6) is 0.00301.